The maximum atomic E-state index is 10.4. The predicted molar refractivity (Wildman–Crippen MR) is 85.3 cm³/mol. The zero-order valence-electron chi connectivity index (χ0n) is 11.4. The van der Waals surface area contributed by atoms with Gasteiger partial charge >= 0.3 is 0 Å². The van der Waals surface area contributed by atoms with Gasteiger partial charge in [-0.15, -0.1) is 11.3 Å². The van der Waals surface area contributed by atoms with E-state index in [4.69, 9.17) is 0 Å². The molecule has 0 spiro atoms. The second-order valence-electron chi connectivity index (χ2n) is 4.87. The van der Waals surface area contributed by atoms with Gasteiger partial charge in [-0.05, 0) is 23.3 Å². The highest BCUT2D eigenvalue weighted by Gasteiger charge is 2.17. The van der Waals surface area contributed by atoms with E-state index < -0.39 is 12.2 Å². The summed E-state index contributed by atoms with van der Waals surface area (Å²) in [6, 6.07) is 22.8. The Morgan fingerprint density at radius 3 is 1.33 bits per heavy atom. The van der Waals surface area contributed by atoms with Crippen molar-refractivity contribution >= 4 is 11.3 Å². The van der Waals surface area contributed by atoms with E-state index in [0.29, 0.717) is 0 Å². The van der Waals surface area contributed by atoms with Crippen molar-refractivity contribution in [3.05, 3.63) is 93.7 Å². The second kappa shape index (κ2) is 6.22. The third-order valence-corrected chi connectivity index (χ3v) is 4.61. The van der Waals surface area contributed by atoms with Crippen LogP contribution in [0.15, 0.2) is 72.8 Å². The fourth-order valence-electron chi connectivity index (χ4n) is 2.26. The molecular formula is C18H16O2S. The molecule has 2 N–H and O–H groups in total. The molecule has 0 aliphatic heterocycles. The monoisotopic (exact) mass is 296 g/mol. The highest BCUT2D eigenvalue weighted by atomic mass is 32.1. The molecule has 0 aliphatic rings. The first-order chi connectivity index (χ1) is 10.3. The van der Waals surface area contributed by atoms with E-state index in [1.807, 2.05) is 72.8 Å². The van der Waals surface area contributed by atoms with Crippen molar-refractivity contribution in [1.82, 2.24) is 0 Å². The Morgan fingerprint density at radius 1 is 0.571 bits per heavy atom. The second-order valence-corrected chi connectivity index (χ2v) is 6.01. The Bertz CT molecular complexity index is 632. The minimum Gasteiger partial charge on any atom is -0.383 e. The van der Waals surface area contributed by atoms with Gasteiger partial charge in [-0.25, -0.2) is 0 Å². The standard InChI is InChI=1S/C18H16O2S/c19-17(13-7-3-1-4-8-13)15-11-12-16(21-15)18(20)14-9-5-2-6-10-14/h1-12,17-20H/t17-,18-/m1/s1. The number of aliphatic hydroxyl groups is 2. The van der Waals surface area contributed by atoms with Crippen LogP contribution in [-0.2, 0) is 0 Å². The predicted octanol–water partition coefficient (Wildman–Crippen LogP) is 3.91. The smallest absolute Gasteiger partial charge is 0.113 e. The van der Waals surface area contributed by atoms with Crippen LogP contribution in [0.3, 0.4) is 0 Å². The van der Waals surface area contributed by atoms with Crippen LogP contribution in [0.25, 0.3) is 0 Å². The molecule has 0 radical (unpaired) electrons. The van der Waals surface area contributed by atoms with Gasteiger partial charge in [0.15, 0.2) is 0 Å². The van der Waals surface area contributed by atoms with Crippen LogP contribution in [0, 0.1) is 0 Å². The van der Waals surface area contributed by atoms with Gasteiger partial charge in [0.2, 0.25) is 0 Å². The Balaban J connectivity index is 1.84. The van der Waals surface area contributed by atoms with Crippen LogP contribution in [0.2, 0.25) is 0 Å². The summed E-state index contributed by atoms with van der Waals surface area (Å²) in [6.45, 7) is 0. The van der Waals surface area contributed by atoms with Crippen molar-refractivity contribution in [1.29, 1.82) is 0 Å². The van der Waals surface area contributed by atoms with Crippen LogP contribution >= 0.6 is 11.3 Å². The Hall–Kier alpha value is -1.94. The average molecular weight is 296 g/mol. The van der Waals surface area contributed by atoms with E-state index in [9.17, 15) is 10.2 Å². The molecule has 0 saturated carbocycles. The molecule has 0 saturated heterocycles. The van der Waals surface area contributed by atoms with E-state index in [0.717, 1.165) is 20.9 Å². The lowest BCUT2D eigenvalue weighted by Gasteiger charge is -2.10. The Morgan fingerprint density at radius 2 is 0.952 bits per heavy atom. The molecular weight excluding hydrogens is 280 g/mol. The van der Waals surface area contributed by atoms with Crippen LogP contribution in [-0.4, -0.2) is 10.2 Å². The Labute approximate surface area is 128 Å². The third kappa shape index (κ3) is 3.05. The van der Waals surface area contributed by atoms with Crippen molar-refractivity contribution in [2.75, 3.05) is 0 Å². The lowest BCUT2D eigenvalue weighted by atomic mass is 10.1. The van der Waals surface area contributed by atoms with Gasteiger partial charge in [0, 0.05) is 9.75 Å². The van der Waals surface area contributed by atoms with Gasteiger partial charge in [0.05, 0.1) is 0 Å². The van der Waals surface area contributed by atoms with Gasteiger partial charge < -0.3 is 10.2 Å². The first-order valence-corrected chi connectivity index (χ1v) is 7.63. The molecule has 2 atom stereocenters. The molecule has 1 aromatic heterocycles. The summed E-state index contributed by atoms with van der Waals surface area (Å²) in [7, 11) is 0. The van der Waals surface area contributed by atoms with Crippen molar-refractivity contribution in [2.24, 2.45) is 0 Å². The molecule has 106 valence electrons. The molecule has 0 bridgehead atoms. The number of hydrogen-bond donors (Lipinski definition) is 2. The minimum atomic E-state index is -0.645. The Kier molecular flexibility index (Phi) is 4.15. The van der Waals surface area contributed by atoms with E-state index in [1.54, 1.807) is 0 Å². The van der Waals surface area contributed by atoms with E-state index in [1.165, 1.54) is 11.3 Å². The topological polar surface area (TPSA) is 40.5 Å². The molecule has 0 unspecified atom stereocenters. The molecule has 3 heteroatoms. The molecule has 0 fully saturated rings. The maximum Gasteiger partial charge on any atom is 0.113 e. The van der Waals surface area contributed by atoms with Crippen LogP contribution in [0.4, 0.5) is 0 Å². The molecule has 21 heavy (non-hydrogen) atoms. The summed E-state index contributed by atoms with van der Waals surface area (Å²) < 4.78 is 0. The highest BCUT2D eigenvalue weighted by molar-refractivity contribution is 7.12. The third-order valence-electron chi connectivity index (χ3n) is 3.42. The fourth-order valence-corrected chi connectivity index (χ4v) is 3.30. The number of thiophene rings is 1. The van der Waals surface area contributed by atoms with Crippen molar-refractivity contribution in [2.45, 2.75) is 12.2 Å². The summed E-state index contributed by atoms with van der Waals surface area (Å²) in [5.41, 5.74) is 1.72. The molecule has 2 aromatic carbocycles. The van der Waals surface area contributed by atoms with Gasteiger partial charge in [-0.1, -0.05) is 60.7 Å². The molecule has 3 aromatic rings. The highest BCUT2D eigenvalue weighted by Crippen LogP contribution is 2.33. The number of aliphatic hydroxyl groups excluding tert-OH is 2. The lowest BCUT2D eigenvalue weighted by Crippen LogP contribution is -1.97. The average Bonchev–Trinajstić information content (AvgIpc) is 3.05. The first kappa shape index (κ1) is 14.0. The lowest BCUT2D eigenvalue weighted by molar-refractivity contribution is 0.223. The van der Waals surface area contributed by atoms with E-state index in [-0.39, 0.29) is 0 Å². The first-order valence-electron chi connectivity index (χ1n) is 6.81. The van der Waals surface area contributed by atoms with Crippen molar-refractivity contribution < 1.29 is 10.2 Å². The number of benzene rings is 2. The molecule has 1 heterocycles. The SMILES string of the molecule is O[C@H](c1ccccc1)c1ccc([C@H](O)c2ccccc2)s1. The fraction of sp³-hybridized carbons (Fsp3) is 0.111. The van der Waals surface area contributed by atoms with Crippen LogP contribution in [0.1, 0.15) is 33.1 Å². The molecule has 3 rings (SSSR count). The zero-order valence-corrected chi connectivity index (χ0v) is 12.2. The zero-order chi connectivity index (χ0) is 14.7. The largest absolute Gasteiger partial charge is 0.383 e. The molecule has 2 nitrogen and oxygen atoms in total. The summed E-state index contributed by atoms with van der Waals surface area (Å²) in [4.78, 5) is 1.68. The minimum absolute atomic E-state index is 0.645. The van der Waals surface area contributed by atoms with E-state index in [2.05, 4.69) is 0 Å². The van der Waals surface area contributed by atoms with Crippen LogP contribution in [0.5, 0.6) is 0 Å². The summed E-state index contributed by atoms with van der Waals surface area (Å²) in [5.74, 6) is 0. The van der Waals surface area contributed by atoms with Gasteiger partial charge in [0.1, 0.15) is 12.2 Å². The van der Waals surface area contributed by atoms with Gasteiger partial charge in [0.25, 0.3) is 0 Å². The quantitative estimate of drug-likeness (QED) is 0.766. The van der Waals surface area contributed by atoms with Crippen LogP contribution < -0.4 is 0 Å². The maximum absolute atomic E-state index is 10.4. The summed E-state index contributed by atoms with van der Waals surface area (Å²) >= 11 is 1.44. The van der Waals surface area contributed by atoms with Gasteiger partial charge in [-0.2, -0.15) is 0 Å². The number of rotatable bonds is 4. The molecule has 0 amide bonds. The summed E-state index contributed by atoms with van der Waals surface area (Å²) in [6.07, 6.45) is -1.29. The normalized spacial score (nSPS) is 13.8. The van der Waals surface area contributed by atoms with E-state index >= 15 is 0 Å². The molecule has 0 aliphatic carbocycles. The van der Waals surface area contributed by atoms with Crippen molar-refractivity contribution in [3.8, 4) is 0 Å². The number of hydrogen-bond acceptors (Lipinski definition) is 3. The summed E-state index contributed by atoms with van der Waals surface area (Å²) in [5, 5.41) is 20.8. The van der Waals surface area contributed by atoms with Crippen molar-refractivity contribution in [3.63, 3.8) is 0 Å². The van der Waals surface area contributed by atoms with Gasteiger partial charge in [-0.3, -0.25) is 0 Å².